The molecule has 10 heteroatoms. The number of hydrogen-bond donors (Lipinski definition) is 2. The van der Waals surface area contributed by atoms with Crippen LogP contribution in [0.3, 0.4) is 0 Å². The lowest BCUT2D eigenvalue weighted by atomic mass is 9.87. The Morgan fingerprint density at radius 2 is 1.68 bits per heavy atom. The molecule has 0 bridgehead atoms. The number of anilines is 1. The molecule has 2 aromatic carbocycles. The Labute approximate surface area is 198 Å². The van der Waals surface area contributed by atoms with Crippen molar-refractivity contribution in [3.05, 3.63) is 77.0 Å². The van der Waals surface area contributed by atoms with Gasteiger partial charge in [0.1, 0.15) is 5.76 Å². The summed E-state index contributed by atoms with van der Waals surface area (Å²) < 4.78 is 37.6. The number of benzene rings is 2. The molecular weight excluding hydrogens is 458 g/mol. The van der Waals surface area contributed by atoms with Gasteiger partial charge in [0.15, 0.2) is 12.4 Å². The summed E-state index contributed by atoms with van der Waals surface area (Å²) in [5, 5.41) is 6.07. The Bertz CT molecular complexity index is 1260. The number of amides is 1. The number of carbonyl (C=O) groups excluding carboxylic acids is 2. The average molecular weight is 486 g/mol. The molecule has 1 amide bonds. The Balaban J connectivity index is 1.51. The van der Waals surface area contributed by atoms with E-state index >= 15 is 0 Å². The first-order valence-corrected chi connectivity index (χ1v) is 12.0. The molecule has 0 radical (unpaired) electrons. The largest absolute Gasteiger partial charge is 0.452 e. The lowest BCUT2D eigenvalue weighted by Gasteiger charge is -2.19. The van der Waals surface area contributed by atoms with Gasteiger partial charge in [0, 0.05) is 12.6 Å². The minimum atomic E-state index is -3.69. The van der Waals surface area contributed by atoms with Gasteiger partial charge in [-0.2, -0.15) is 0 Å². The lowest BCUT2D eigenvalue weighted by molar-refractivity contribution is -0.119. The summed E-state index contributed by atoms with van der Waals surface area (Å²) in [6.45, 7) is 7.42. The van der Waals surface area contributed by atoms with Gasteiger partial charge in [0.05, 0.1) is 10.5 Å². The molecule has 0 aliphatic heterocycles. The predicted octanol–water partition coefficient (Wildman–Crippen LogP) is 3.55. The molecule has 0 unspecified atom stereocenters. The monoisotopic (exact) mass is 485 g/mol. The van der Waals surface area contributed by atoms with Crippen LogP contribution in [0.25, 0.3) is 0 Å². The second-order valence-electron chi connectivity index (χ2n) is 8.74. The summed E-state index contributed by atoms with van der Waals surface area (Å²) in [6, 6.07) is 14.5. The molecule has 0 aliphatic rings. The van der Waals surface area contributed by atoms with Gasteiger partial charge >= 0.3 is 5.97 Å². The molecule has 0 spiro atoms. The molecule has 180 valence electrons. The van der Waals surface area contributed by atoms with E-state index in [2.05, 4.69) is 36.0 Å². The number of hydrogen-bond acceptors (Lipinski definition) is 7. The standard InChI is InChI=1S/C24H27N3O6S/c1-16-13-21(27-33-16)26-22(28)15-32-23(29)18-7-5-17(6-8-18)14-25-34(30,31)20-11-9-19(10-12-20)24(2,3)4/h5-13,25H,14-15H2,1-4H3,(H,26,27,28). The summed E-state index contributed by atoms with van der Waals surface area (Å²) in [5.41, 5.74) is 1.86. The van der Waals surface area contributed by atoms with Crippen LogP contribution < -0.4 is 10.0 Å². The van der Waals surface area contributed by atoms with Crippen molar-refractivity contribution in [2.45, 2.75) is 44.6 Å². The lowest BCUT2D eigenvalue weighted by Crippen LogP contribution is -2.23. The quantitative estimate of drug-likeness (QED) is 0.467. The summed E-state index contributed by atoms with van der Waals surface area (Å²) in [4.78, 5) is 24.2. The highest BCUT2D eigenvalue weighted by Crippen LogP contribution is 2.23. The zero-order valence-electron chi connectivity index (χ0n) is 19.4. The SMILES string of the molecule is Cc1cc(NC(=O)COC(=O)c2ccc(CNS(=O)(=O)c3ccc(C(C)(C)C)cc3)cc2)no1. The van der Waals surface area contributed by atoms with Gasteiger partial charge in [-0.25, -0.2) is 17.9 Å². The third kappa shape index (κ3) is 6.75. The predicted molar refractivity (Wildman–Crippen MR) is 126 cm³/mol. The fraction of sp³-hybridized carbons (Fsp3) is 0.292. The van der Waals surface area contributed by atoms with Gasteiger partial charge in [0.25, 0.3) is 5.91 Å². The molecule has 0 aliphatic carbocycles. The highest BCUT2D eigenvalue weighted by Gasteiger charge is 2.18. The van der Waals surface area contributed by atoms with Crippen LogP contribution in [-0.2, 0) is 31.5 Å². The third-order valence-corrected chi connectivity index (χ3v) is 6.33. The Kier molecular flexibility index (Phi) is 7.53. The van der Waals surface area contributed by atoms with E-state index in [1.165, 1.54) is 18.2 Å². The topological polar surface area (TPSA) is 128 Å². The van der Waals surface area contributed by atoms with Gasteiger partial charge in [-0.3, -0.25) is 4.79 Å². The summed E-state index contributed by atoms with van der Waals surface area (Å²) in [5.74, 6) is -0.468. The van der Waals surface area contributed by atoms with E-state index in [9.17, 15) is 18.0 Å². The zero-order valence-corrected chi connectivity index (χ0v) is 20.2. The van der Waals surface area contributed by atoms with Gasteiger partial charge in [-0.05, 0) is 47.7 Å². The van der Waals surface area contributed by atoms with Crippen LogP contribution in [-0.4, -0.2) is 32.1 Å². The highest BCUT2D eigenvalue weighted by molar-refractivity contribution is 7.89. The minimum Gasteiger partial charge on any atom is -0.452 e. The maximum Gasteiger partial charge on any atom is 0.338 e. The van der Waals surface area contributed by atoms with Gasteiger partial charge in [-0.1, -0.05) is 50.2 Å². The van der Waals surface area contributed by atoms with E-state index in [0.29, 0.717) is 11.3 Å². The number of nitrogens with zero attached hydrogens (tertiary/aromatic N) is 1. The van der Waals surface area contributed by atoms with Crippen LogP contribution >= 0.6 is 0 Å². The van der Waals surface area contributed by atoms with Crippen LogP contribution in [0.15, 0.2) is 64.0 Å². The molecule has 0 atom stereocenters. The van der Waals surface area contributed by atoms with Gasteiger partial charge in [0.2, 0.25) is 10.0 Å². The second kappa shape index (κ2) is 10.2. The maximum absolute atomic E-state index is 12.6. The number of sulfonamides is 1. The zero-order chi connectivity index (χ0) is 24.9. The number of ether oxygens (including phenoxy) is 1. The number of aryl methyl sites for hydroxylation is 1. The molecule has 3 aromatic rings. The first-order valence-electron chi connectivity index (χ1n) is 10.5. The summed E-state index contributed by atoms with van der Waals surface area (Å²) >= 11 is 0. The van der Waals surface area contributed by atoms with Crippen molar-refractivity contribution in [3.8, 4) is 0 Å². The minimum absolute atomic E-state index is 0.0538. The number of carbonyl (C=O) groups is 2. The van der Waals surface area contributed by atoms with Crippen LogP contribution in [0.5, 0.6) is 0 Å². The van der Waals surface area contributed by atoms with Crippen LogP contribution in [0.2, 0.25) is 0 Å². The summed E-state index contributed by atoms with van der Waals surface area (Å²) in [7, 11) is -3.69. The first kappa shape index (κ1) is 25.1. The highest BCUT2D eigenvalue weighted by atomic mass is 32.2. The van der Waals surface area contributed by atoms with Crippen LogP contribution in [0, 0.1) is 6.92 Å². The number of nitrogens with one attached hydrogen (secondary N) is 2. The van der Waals surface area contributed by atoms with Crippen LogP contribution in [0.1, 0.15) is 48.0 Å². The van der Waals surface area contributed by atoms with E-state index < -0.39 is 28.5 Å². The van der Waals surface area contributed by atoms with Crippen LogP contribution in [0.4, 0.5) is 5.82 Å². The van der Waals surface area contributed by atoms with E-state index in [1.54, 1.807) is 31.2 Å². The molecule has 0 fully saturated rings. The first-order chi connectivity index (χ1) is 15.9. The van der Waals surface area contributed by atoms with Crippen molar-refractivity contribution in [1.82, 2.24) is 9.88 Å². The van der Waals surface area contributed by atoms with Gasteiger partial charge in [-0.15, -0.1) is 0 Å². The van der Waals surface area contributed by atoms with Crippen molar-refractivity contribution in [1.29, 1.82) is 0 Å². The number of esters is 1. The fourth-order valence-corrected chi connectivity index (χ4v) is 3.99. The van der Waals surface area contributed by atoms with E-state index in [4.69, 9.17) is 9.26 Å². The van der Waals surface area contributed by atoms with Crippen molar-refractivity contribution in [3.63, 3.8) is 0 Å². The van der Waals surface area contributed by atoms with Crippen molar-refractivity contribution in [2.24, 2.45) is 0 Å². The molecule has 1 aromatic heterocycles. The Morgan fingerprint density at radius 1 is 1.03 bits per heavy atom. The molecular formula is C24H27N3O6S. The normalized spacial score (nSPS) is 11.8. The molecule has 0 saturated carbocycles. The smallest absolute Gasteiger partial charge is 0.338 e. The van der Waals surface area contributed by atoms with Crippen molar-refractivity contribution < 1.29 is 27.3 Å². The third-order valence-electron chi connectivity index (χ3n) is 4.92. The molecule has 3 rings (SSSR count). The average Bonchev–Trinajstić information content (AvgIpc) is 3.20. The Hall–Kier alpha value is -3.50. The number of aromatic nitrogens is 1. The fourth-order valence-electron chi connectivity index (χ4n) is 2.97. The molecule has 1 heterocycles. The molecule has 0 saturated heterocycles. The molecule has 34 heavy (non-hydrogen) atoms. The summed E-state index contributed by atoms with van der Waals surface area (Å²) in [6.07, 6.45) is 0. The van der Waals surface area contributed by atoms with E-state index in [1.807, 2.05) is 12.1 Å². The van der Waals surface area contributed by atoms with E-state index in [0.717, 1.165) is 5.56 Å². The number of rotatable bonds is 8. The van der Waals surface area contributed by atoms with Gasteiger partial charge < -0.3 is 14.6 Å². The molecule has 9 nitrogen and oxygen atoms in total. The van der Waals surface area contributed by atoms with Crippen molar-refractivity contribution in [2.75, 3.05) is 11.9 Å². The molecule has 2 N–H and O–H groups in total. The van der Waals surface area contributed by atoms with Crippen molar-refractivity contribution >= 4 is 27.7 Å². The Morgan fingerprint density at radius 3 is 2.24 bits per heavy atom. The second-order valence-corrected chi connectivity index (χ2v) is 10.5. The maximum atomic E-state index is 12.6. The van der Waals surface area contributed by atoms with E-state index in [-0.39, 0.29) is 28.2 Å².